The maximum Gasteiger partial charge on any atom is 0.358 e. The van der Waals surface area contributed by atoms with E-state index in [-0.39, 0.29) is 22.9 Å². The van der Waals surface area contributed by atoms with Crippen LogP contribution < -0.4 is 4.72 Å². The molecule has 0 saturated carbocycles. The van der Waals surface area contributed by atoms with Gasteiger partial charge in [-0.3, -0.25) is 0 Å². The minimum absolute atomic E-state index is 0.0819. The lowest BCUT2D eigenvalue weighted by molar-refractivity contribution is 0.0590. The highest BCUT2D eigenvalue weighted by Crippen LogP contribution is 2.20. The Morgan fingerprint density at radius 2 is 2.33 bits per heavy atom. The van der Waals surface area contributed by atoms with Gasteiger partial charge < -0.3 is 9.84 Å². The molecule has 1 aromatic rings. The van der Waals surface area contributed by atoms with Crippen molar-refractivity contribution in [2.45, 2.75) is 23.7 Å². The van der Waals surface area contributed by atoms with Crippen LogP contribution in [0.4, 0.5) is 0 Å². The molecule has 0 radical (unpaired) electrons. The standard InChI is InChI=1S/C9H14N2O5S2/c1-6(12)3-4-11-18(14,15)9-7(8(13)16-2)10-5-17-9/h5-6,11-12H,3-4H2,1-2H3. The number of carbonyl (C=O) groups excluding carboxylic acids is 1. The Bertz CT molecular complexity index is 509. The van der Waals surface area contributed by atoms with Crippen LogP contribution in [0.15, 0.2) is 9.72 Å². The lowest BCUT2D eigenvalue weighted by Gasteiger charge is -2.07. The molecule has 0 aliphatic heterocycles. The molecule has 18 heavy (non-hydrogen) atoms. The van der Waals surface area contributed by atoms with E-state index in [1.165, 1.54) is 5.51 Å². The maximum atomic E-state index is 11.9. The number of ether oxygens (including phenoxy) is 1. The van der Waals surface area contributed by atoms with Crippen molar-refractivity contribution < 1.29 is 23.1 Å². The second-order valence-corrected chi connectivity index (χ2v) is 6.33. The van der Waals surface area contributed by atoms with Crippen LogP contribution in [0.3, 0.4) is 0 Å². The number of thiazole rings is 1. The van der Waals surface area contributed by atoms with E-state index in [2.05, 4.69) is 14.4 Å². The van der Waals surface area contributed by atoms with Crippen LogP contribution >= 0.6 is 11.3 Å². The van der Waals surface area contributed by atoms with Crippen LogP contribution in [-0.4, -0.2) is 44.2 Å². The molecule has 102 valence electrons. The molecule has 9 heteroatoms. The predicted molar refractivity (Wildman–Crippen MR) is 64.9 cm³/mol. The average Bonchev–Trinajstić information content (AvgIpc) is 2.76. The zero-order valence-electron chi connectivity index (χ0n) is 9.91. The molecular weight excluding hydrogens is 280 g/mol. The number of hydrogen-bond donors (Lipinski definition) is 2. The number of aromatic nitrogens is 1. The van der Waals surface area contributed by atoms with Crippen LogP contribution in [0, 0.1) is 0 Å². The van der Waals surface area contributed by atoms with Crippen LogP contribution in [0.5, 0.6) is 0 Å². The molecule has 7 nitrogen and oxygen atoms in total. The van der Waals surface area contributed by atoms with Gasteiger partial charge in [-0.2, -0.15) is 0 Å². The maximum absolute atomic E-state index is 11.9. The first kappa shape index (κ1) is 15.0. The fraction of sp³-hybridized carbons (Fsp3) is 0.556. The Morgan fingerprint density at radius 3 is 2.89 bits per heavy atom. The van der Waals surface area contributed by atoms with E-state index >= 15 is 0 Å². The Labute approximate surface area is 109 Å². The summed E-state index contributed by atoms with van der Waals surface area (Å²) in [5.41, 5.74) is 1.03. The molecule has 0 spiro atoms. The van der Waals surface area contributed by atoms with Crippen molar-refractivity contribution in [3.63, 3.8) is 0 Å². The molecule has 1 heterocycles. The monoisotopic (exact) mass is 294 g/mol. The van der Waals surface area contributed by atoms with Crippen LogP contribution in [0.25, 0.3) is 0 Å². The van der Waals surface area contributed by atoms with Gasteiger partial charge in [0.1, 0.15) is 0 Å². The van der Waals surface area contributed by atoms with Crippen LogP contribution in [-0.2, 0) is 14.8 Å². The summed E-state index contributed by atoms with van der Waals surface area (Å²) in [4.78, 5) is 15.0. The van der Waals surface area contributed by atoms with Crippen molar-refractivity contribution >= 4 is 27.3 Å². The molecule has 0 bridgehead atoms. The summed E-state index contributed by atoms with van der Waals surface area (Å²) in [6, 6.07) is 0. The third kappa shape index (κ3) is 3.73. The van der Waals surface area contributed by atoms with Gasteiger partial charge in [0.2, 0.25) is 0 Å². The van der Waals surface area contributed by atoms with E-state index in [4.69, 9.17) is 5.11 Å². The van der Waals surface area contributed by atoms with Gasteiger partial charge in [-0.05, 0) is 13.3 Å². The van der Waals surface area contributed by atoms with Gasteiger partial charge in [0.05, 0.1) is 18.7 Å². The number of rotatable bonds is 6. The first-order chi connectivity index (χ1) is 8.38. The number of nitrogens with one attached hydrogen (secondary N) is 1. The molecule has 0 amide bonds. The Balaban J connectivity index is 2.85. The van der Waals surface area contributed by atoms with Crippen molar-refractivity contribution in [1.29, 1.82) is 0 Å². The minimum atomic E-state index is -3.80. The van der Waals surface area contributed by atoms with Crippen molar-refractivity contribution in [3.05, 3.63) is 11.2 Å². The number of methoxy groups -OCH3 is 1. The Morgan fingerprint density at radius 1 is 1.67 bits per heavy atom. The third-order valence-corrected chi connectivity index (χ3v) is 4.84. The van der Waals surface area contributed by atoms with Crippen molar-refractivity contribution in [2.75, 3.05) is 13.7 Å². The largest absolute Gasteiger partial charge is 0.464 e. The first-order valence-corrected chi connectivity index (χ1v) is 7.44. The summed E-state index contributed by atoms with van der Waals surface area (Å²) < 4.78 is 30.3. The topological polar surface area (TPSA) is 106 Å². The number of hydrogen-bond acceptors (Lipinski definition) is 7. The highest BCUT2D eigenvalue weighted by Gasteiger charge is 2.26. The highest BCUT2D eigenvalue weighted by molar-refractivity contribution is 7.91. The van der Waals surface area contributed by atoms with Gasteiger partial charge in [-0.25, -0.2) is 22.9 Å². The fourth-order valence-electron chi connectivity index (χ4n) is 1.13. The van der Waals surface area contributed by atoms with Crippen LogP contribution in [0.1, 0.15) is 23.8 Å². The zero-order chi connectivity index (χ0) is 13.8. The number of nitrogens with zero attached hydrogens (tertiary/aromatic N) is 1. The number of sulfonamides is 1. The van der Waals surface area contributed by atoms with Gasteiger partial charge in [0.15, 0.2) is 9.90 Å². The summed E-state index contributed by atoms with van der Waals surface area (Å²) >= 11 is 0.834. The van der Waals surface area contributed by atoms with E-state index in [9.17, 15) is 13.2 Å². The average molecular weight is 294 g/mol. The third-order valence-electron chi connectivity index (χ3n) is 2.01. The van der Waals surface area contributed by atoms with E-state index < -0.39 is 22.1 Å². The molecule has 1 atom stereocenters. The molecule has 0 aliphatic rings. The molecule has 0 aromatic carbocycles. The molecule has 0 fully saturated rings. The summed E-state index contributed by atoms with van der Waals surface area (Å²) in [7, 11) is -2.65. The summed E-state index contributed by atoms with van der Waals surface area (Å²) in [5.74, 6) is -0.799. The highest BCUT2D eigenvalue weighted by atomic mass is 32.2. The Hall–Kier alpha value is -1.03. The summed E-state index contributed by atoms with van der Waals surface area (Å²) in [6.45, 7) is 1.64. The van der Waals surface area contributed by atoms with Gasteiger partial charge in [0, 0.05) is 6.54 Å². The number of aliphatic hydroxyl groups excluding tert-OH is 1. The van der Waals surface area contributed by atoms with E-state index in [0.29, 0.717) is 0 Å². The molecule has 1 unspecified atom stereocenters. The van der Waals surface area contributed by atoms with E-state index in [0.717, 1.165) is 18.4 Å². The lowest BCUT2D eigenvalue weighted by Crippen LogP contribution is -2.27. The van der Waals surface area contributed by atoms with Gasteiger partial charge in [0.25, 0.3) is 10.0 Å². The van der Waals surface area contributed by atoms with Gasteiger partial charge in [-0.1, -0.05) is 0 Å². The molecule has 1 rings (SSSR count). The predicted octanol–water partition coefficient (Wildman–Crippen LogP) is -0.0211. The molecule has 0 aliphatic carbocycles. The number of aliphatic hydroxyl groups is 1. The number of esters is 1. The lowest BCUT2D eigenvalue weighted by atomic mass is 10.3. The second-order valence-electron chi connectivity index (χ2n) is 3.52. The SMILES string of the molecule is COC(=O)c1ncsc1S(=O)(=O)NCCC(C)O. The smallest absolute Gasteiger partial charge is 0.358 e. The second kappa shape index (κ2) is 6.23. The first-order valence-electron chi connectivity index (χ1n) is 5.08. The van der Waals surface area contributed by atoms with Crippen molar-refractivity contribution in [2.24, 2.45) is 0 Å². The zero-order valence-corrected chi connectivity index (χ0v) is 11.5. The number of carbonyl (C=O) groups is 1. The molecule has 1 aromatic heterocycles. The van der Waals surface area contributed by atoms with E-state index in [1.54, 1.807) is 6.92 Å². The molecule has 0 saturated heterocycles. The quantitative estimate of drug-likeness (QED) is 0.714. The van der Waals surface area contributed by atoms with Crippen molar-refractivity contribution in [3.8, 4) is 0 Å². The van der Waals surface area contributed by atoms with Gasteiger partial charge >= 0.3 is 5.97 Å². The minimum Gasteiger partial charge on any atom is -0.464 e. The van der Waals surface area contributed by atoms with Crippen LogP contribution in [0.2, 0.25) is 0 Å². The molecular formula is C9H14N2O5S2. The van der Waals surface area contributed by atoms with E-state index in [1.807, 2.05) is 0 Å². The Kier molecular flexibility index (Phi) is 5.20. The molecule has 2 N–H and O–H groups in total. The summed E-state index contributed by atoms with van der Waals surface area (Å²) in [5, 5.41) is 9.04. The van der Waals surface area contributed by atoms with Gasteiger partial charge in [-0.15, -0.1) is 11.3 Å². The summed E-state index contributed by atoms with van der Waals surface area (Å²) in [6.07, 6.45) is -0.319. The normalized spacial score (nSPS) is 13.3. The fourth-order valence-corrected chi connectivity index (χ4v) is 3.35. The van der Waals surface area contributed by atoms with Crippen molar-refractivity contribution in [1.82, 2.24) is 9.71 Å².